The van der Waals surface area contributed by atoms with Gasteiger partial charge < -0.3 is 23.9 Å². The average Bonchev–Trinajstić information content (AvgIpc) is 3.04. The van der Waals surface area contributed by atoms with Crippen LogP contribution < -0.4 is 9.47 Å². The summed E-state index contributed by atoms with van der Waals surface area (Å²) >= 11 is 3.49. The highest BCUT2D eigenvalue weighted by atomic mass is 79.9. The molecule has 3 aromatic rings. The lowest BCUT2D eigenvalue weighted by molar-refractivity contribution is -0.116. The standard InChI is InChI=1S/C23H24BrNO6/c1-6-31-23(28)17-13(3)25(14-7-9-15(29-4)10-8-14)20-16(11-12(2)26)19(24)22(30-5)21(27)18(17)20/h7-10,27H,6,11H2,1-5H3. The molecule has 0 spiro atoms. The molecule has 0 aliphatic rings. The molecule has 7 nitrogen and oxygen atoms in total. The smallest absolute Gasteiger partial charge is 0.340 e. The molecule has 31 heavy (non-hydrogen) atoms. The summed E-state index contributed by atoms with van der Waals surface area (Å²) < 4.78 is 18.2. The number of benzene rings is 2. The van der Waals surface area contributed by atoms with Crippen molar-refractivity contribution in [3.8, 4) is 22.9 Å². The van der Waals surface area contributed by atoms with Gasteiger partial charge in [-0.25, -0.2) is 4.79 Å². The summed E-state index contributed by atoms with van der Waals surface area (Å²) in [5.41, 5.74) is 2.66. The molecule has 1 aromatic heterocycles. The highest BCUT2D eigenvalue weighted by molar-refractivity contribution is 9.10. The van der Waals surface area contributed by atoms with Gasteiger partial charge in [-0.15, -0.1) is 0 Å². The molecule has 8 heteroatoms. The summed E-state index contributed by atoms with van der Waals surface area (Å²) in [5, 5.41) is 11.4. The van der Waals surface area contributed by atoms with Crippen molar-refractivity contribution in [3.63, 3.8) is 0 Å². The molecule has 0 saturated carbocycles. The zero-order valence-corrected chi connectivity index (χ0v) is 19.6. The van der Waals surface area contributed by atoms with Crippen LogP contribution in [0.2, 0.25) is 0 Å². The van der Waals surface area contributed by atoms with Gasteiger partial charge in [0.15, 0.2) is 11.5 Å². The molecule has 1 heterocycles. The summed E-state index contributed by atoms with van der Waals surface area (Å²) in [6.07, 6.45) is 0.0790. The van der Waals surface area contributed by atoms with Gasteiger partial charge in [0.25, 0.3) is 0 Å². The van der Waals surface area contributed by atoms with Crippen LogP contribution in [0.4, 0.5) is 0 Å². The Morgan fingerprint density at radius 2 is 1.77 bits per heavy atom. The largest absolute Gasteiger partial charge is 0.504 e. The van der Waals surface area contributed by atoms with Crippen molar-refractivity contribution in [2.75, 3.05) is 20.8 Å². The second-order valence-corrected chi connectivity index (χ2v) is 7.78. The lowest BCUT2D eigenvalue weighted by Gasteiger charge is -2.16. The molecular weight excluding hydrogens is 466 g/mol. The van der Waals surface area contributed by atoms with Crippen LogP contribution in [-0.4, -0.2) is 42.3 Å². The number of rotatable bonds is 7. The number of aromatic nitrogens is 1. The summed E-state index contributed by atoms with van der Waals surface area (Å²) in [6.45, 7) is 5.15. The van der Waals surface area contributed by atoms with Crippen LogP contribution >= 0.6 is 15.9 Å². The van der Waals surface area contributed by atoms with Gasteiger partial charge in [-0.2, -0.15) is 0 Å². The number of ether oxygens (including phenoxy) is 3. The zero-order valence-electron chi connectivity index (χ0n) is 18.0. The van der Waals surface area contributed by atoms with Gasteiger partial charge in [-0.3, -0.25) is 4.79 Å². The maximum atomic E-state index is 12.9. The normalized spacial score (nSPS) is 10.9. The van der Waals surface area contributed by atoms with Gasteiger partial charge in [0.05, 0.1) is 41.8 Å². The molecule has 0 aliphatic carbocycles. The lowest BCUT2D eigenvalue weighted by atomic mass is 10.0. The summed E-state index contributed by atoms with van der Waals surface area (Å²) in [7, 11) is 3.00. The Morgan fingerprint density at radius 3 is 2.29 bits per heavy atom. The number of carbonyl (C=O) groups excluding carboxylic acids is 2. The maximum absolute atomic E-state index is 12.9. The predicted octanol–water partition coefficient (Wildman–Crippen LogP) is 4.73. The maximum Gasteiger partial charge on any atom is 0.340 e. The highest BCUT2D eigenvalue weighted by Crippen LogP contribution is 2.48. The molecule has 2 aromatic carbocycles. The number of nitrogens with zero attached hydrogens (tertiary/aromatic N) is 1. The van der Waals surface area contributed by atoms with Crippen LogP contribution in [0, 0.1) is 6.92 Å². The molecule has 0 radical (unpaired) electrons. The molecule has 0 amide bonds. The van der Waals surface area contributed by atoms with Gasteiger partial charge in [0, 0.05) is 23.4 Å². The number of aromatic hydroxyl groups is 1. The second kappa shape index (κ2) is 9.01. The molecule has 0 unspecified atom stereocenters. The van der Waals surface area contributed by atoms with Crippen LogP contribution in [0.1, 0.15) is 35.5 Å². The van der Waals surface area contributed by atoms with Crippen molar-refractivity contribution in [3.05, 3.63) is 45.6 Å². The molecule has 0 bridgehead atoms. The number of ketones is 1. The Labute approximate surface area is 188 Å². The monoisotopic (exact) mass is 489 g/mol. The molecular formula is C23H24BrNO6. The number of hydrogen-bond donors (Lipinski definition) is 1. The van der Waals surface area contributed by atoms with E-state index in [1.54, 1.807) is 33.1 Å². The minimum absolute atomic E-state index is 0.0763. The Hall–Kier alpha value is -3.00. The van der Waals surface area contributed by atoms with Gasteiger partial charge in [-0.1, -0.05) is 0 Å². The Balaban J connectivity index is 2.53. The first kappa shape index (κ1) is 22.7. The number of carbonyl (C=O) groups is 2. The van der Waals surface area contributed by atoms with Crippen LogP contribution in [0.15, 0.2) is 28.7 Å². The first-order valence-electron chi connectivity index (χ1n) is 9.69. The van der Waals surface area contributed by atoms with E-state index in [-0.39, 0.29) is 41.3 Å². The van der Waals surface area contributed by atoms with Crippen LogP contribution in [0.5, 0.6) is 17.2 Å². The molecule has 0 atom stereocenters. The third-order valence-electron chi connectivity index (χ3n) is 5.05. The number of Topliss-reactive ketones (excluding diaryl/α,β-unsaturated/α-hetero) is 1. The fourth-order valence-electron chi connectivity index (χ4n) is 3.77. The number of hydrogen-bond acceptors (Lipinski definition) is 6. The quantitative estimate of drug-likeness (QED) is 0.482. The van der Waals surface area contributed by atoms with Crippen LogP contribution in [0.25, 0.3) is 16.6 Å². The molecule has 3 rings (SSSR count). The van der Waals surface area contributed by atoms with Crippen molar-refractivity contribution in [1.82, 2.24) is 4.57 Å². The lowest BCUT2D eigenvalue weighted by Crippen LogP contribution is -2.07. The fraction of sp³-hybridized carbons (Fsp3) is 0.304. The fourth-order valence-corrected chi connectivity index (χ4v) is 4.45. The number of esters is 1. The second-order valence-electron chi connectivity index (χ2n) is 6.99. The number of methoxy groups -OCH3 is 2. The summed E-state index contributed by atoms with van der Waals surface area (Å²) in [4.78, 5) is 25.0. The SMILES string of the molecule is CCOC(=O)c1c(C)n(-c2ccc(OC)cc2)c2c(CC(C)=O)c(Br)c(OC)c(O)c12. The third kappa shape index (κ3) is 3.87. The average molecular weight is 490 g/mol. The Bertz CT molecular complexity index is 1160. The topological polar surface area (TPSA) is 87.0 Å². The van der Waals surface area contributed by atoms with Crippen molar-refractivity contribution < 1.29 is 28.9 Å². The van der Waals surface area contributed by atoms with Gasteiger partial charge >= 0.3 is 5.97 Å². The first-order chi connectivity index (χ1) is 14.8. The molecule has 1 N–H and O–H groups in total. The molecule has 0 fully saturated rings. The van der Waals surface area contributed by atoms with Gasteiger partial charge in [-0.05, 0) is 61.0 Å². The van der Waals surface area contributed by atoms with Crippen LogP contribution in [-0.2, 0) is 16.0 Å². The predicted molar refractivity (Wildman–Crippen MR) is 121 cm³/mol. The minimum atomic E-state index is -0.564. The van der Waals surface area contributed by atoms with Crippen molar-refractivity contribution >= 4 is 38.6 Å². The van der Waals surface area contributed by atoms with Crippen LogP contribution in [0.3, 0.4) is 0 Å². The van der Waals surface area contributed by atoms with Crippen molar-refractivity contribution in [2.24, 2.45) is 0 Å². The third-order valence-corrected chi connectivity index (χ3v) is 5.89. The highest BCUT2D eigenvalue weighted by Gasteiger charge is 2.31. The number of fused-ring (bicyclic) bond motifs is 1. The van der Waals surface area contributed by atoms with E-state index < -0.39 is 5.97 Å². The van der Waals surface area contributed by atoms with E-state index in [4.69, 9.17) is 14.2 Å². The minimum Gasteiger partial charge on any atom is -0.504 e. The Kier molecular flexibility index (Phi) is 6.59. The first-order valence-corrected chi connectivity index (χ1v) is 10.5. The van der Waals surface area contributed by atoms with Gasteiger partial charge in [0.1, 0.15) is 11.5 Å². The van der Waals surface area contributed by atoms with E-state index in [1.165, 1.54) is 14.0 Å². The number of halogens is 1. The van der Waals surface area contributed by atoms with E-state index in [0.29, 0.717) is 27.0 Å². The molecule has 0 aliphatic heterocycles. The summed E-state index contributed by atoms with van der Waals surface area (Å²) in [6, 6.07) is 7.28. The van der Waals surface area contributed by atoms with E-state index >= 15 is 0 Å². The van der Waals surface area contributed by atoms with E-state index in [9.17, 15) is 14.7 Å². The number of phenols is 1. The Morgan fingerprint density at radius 1 is 1.13 bits per heavy atom. The molecule has 164 valence electrons. The van der Waals surface area contributed by atoms with E-state index in [1.807, 2.05) is 16.7 Å². The van der Waals surface area contributed by atoms with E-state index in [2.05, 4.69) is 15.9 Å². The van der Waals surface area contributed by atoms with Gasteiger partial charge in [0.2, 0.25) is 0 Å². The van der Waals surface area contributed by atoms with Crippen molar-refractivity contribution in [2.45, 2.75) is 27.2 Å². The molecule has 0 saturated heterocycles. The van der Waals surface area contributed by atoms with E-state index in [0.717, 1.165) is 5.69 Å². The zero-order chi connectivity index (χ0) is 22.9. The summed E-state index contributed by atoms with van der Waals surface area (Å²) in [5.74, 6) is -0.00678. The number of phenolic OH excluding ortho intramolecular Hbond substituents is 1. The van der Waals surface area contributed by atoms with Crippen molar-refractivity contribution in [1.29, 1.82) is 0 Å².